The molecule has 1 aromatic carbocycles. The van der Waals surface area contributed by atoms with Gasteiger partial charge in [-0.05, 0) is 55.1 Å². The van der Waals surface area contributed by atoms with E-state index in [0.29, 0.717) is 12.0 Å². The number of nitrogens with zero attached hydrogens (tertiary/aromatic N) is 2. The van der Waals surface area contributed by atoms with Crippen LogP contribution in [0.15, 0.2) is 60.9 Å². The third-order valence-electron chi connectivity index (χ3n) is 5.93. The van der Waals surface area contributed by atoms with Crippen LogP contribution in [0.25, 0.3) is 16.6 Å². The quantitative estimate of drug-likeness (QED) is 0.790. The first kappa shape index (κ1) is 15.6. The van der Waals surface area contributed by atoms with Crippen molar-refractivity contribution in [2.75, 3.05) is 19.6 Å². The number of piperidine rings is 3. The molecule has 0 spiro atoms. The van der Waals surface area contributed by atoms with Gasteiger partial charge in [-0.3, -0.25) is 4.79 Å². The number of carbonyl (C=O) groups excluding carboxylic acids is 1. The Bertz CT molecular complexity index is 938. The van der Waals surface area contributed by atoms with Gasteiger partial charge >= 0.3 is 0 Å². The molecule has 3 aliphatic rings. The zero-order chi connectivity index (χ0) is 17.5. The smallest absolute Gasteiger partial charge is 0.253 e. The highest BCUT2D eigenvalue weighted by Gasteiger charge is 2.35. The van der Waals surface area contributed by atoms with Crippen LogP contribution in [0.5, 0.6) is 0 Å². The van der Waals surface area contributed by atoms with E-state index in [1.807, 2.05) is 34.9 Å². The summed E-state index contributed by atoms with van der Waals surface area (Å²) in [6.45, 7) is 3.38. The average Bonchev–Trinajstić information content (AvgIpc) is 3.13. The van der Waals surface area contributed by atoms with Crippen molar-refractivity contribution in [3.63, 3.8) is 0 Å². The maximum atomic E-state index is 12.8. The molecular weight excluding hydrogens is 322 g/mol. The van der Waals surface area contributed by atoms with Crippen molar-refractivity contribution in [3.05, 3.63) is 66.5 Å². The number of carbonyl (C=O) groups is 1. The van der Waals surface area contributed by atoms with E-state index in [1.54, 1.807) is 0 Å². The van der Waals surface area contributed by atoms with E-state index in [2.05, 4.69) is 40.7 Å². The Labute approximate surface area is 153 Å². The van der Waals surface area contributed by atoms with Gasteiger partial charge in [0.25, 0.3) is 5.91 Å². The lowest BCUT2D eigenvalue weighted by Gasteiger charge is -2.44. The first-order chi connectivity index (χ1) is 12.8. The Morgan fingerprint density at radius 1 is 0.962 bits per heavy atom. The molecule has 0 saturated carbocycles. The lowest BCUT2D eigenvalue weighted by molar-refractivity contribution is 0.0620. The first-order valence-electron chi connectivity index (χ1n) is 9.47. The molecule has 0 unspecified atom stereocenters. The van der Waals surface area contributed by atoms with Gasteiger partial charge in [0.2, 0.25) is 0 Å². The minimum Gasteiger partial charge on any atom is -0.348 e. The summed E-state index contributed by atoms with van der Waals surface area (Å²) in [6.07, 6.45) is 6.46. The molecule has 2 aromatic heterocycles. The predicted molar refractivity (Wildman–Crippen MR) is 103 cm³/mol. The van der Waals surface area contributed by atoms with E-state index in [0.717, 1.165) is 23.2 Å². The number of rotatable bonds is 3. The van der Waals surface area contributed by atoms with Gasteiger partial charge < -0.3 is 14.6 Å². The highest BCUT2D eigenvalue weighted by Crippen LogP contribution is 2.28. The number of hydrogen-bond donors (Lipinski definition) is 1. The van der Waals surface area contributed by atoms with Gasteiger partial charge in [0.05, 0.1) is 5.56 Å². The largest absolute Gasteiger partial charge is 0.348 e. The molecule has 132 valence electrons. The zero-order valence-corrected chi connectivity index (χ0v) is 14.8. The monoisotopic (exact) mass is 345 g/mol. The predicted octanol–water partition coefficient (Wildman–Crippen LogP) is 3.43. The fourth-order valence-corrected chi connectivity index (χ4v) is 4.42. The summed E-state index contributed by atoms with van der Waals surface area (Å²) in [5.74, 6) is 0.694. The number of aromatic nitrogens is 1. The molecule has 3 saturated heterocycles. The second-order valence-corrected chi connectivity index (χ2v) is 7.56. The van der Waals surface area contributed by atoms with Crippen LogP contribution >= 0.6 is 0 Å². The van der Waals surface area contributed by atoms with Crippen LogP contribution in [0.2, 0.25) is 0 Å². The van der Waals surface area contributed by atoms with E-state index in [4.69, 9.17) is 0 Å². The minimum atomic E-state index is 0.0497. The summed E-state index contributed by atoms with van der Waals surface area (Å²) < 4.78 is 2.05. The van der Waals surface area contributed by atoms with Crippen LogP contribution in [-0.2, 0) is 0 Å². The highest BCUT2D eigenvalue weighted by atomic mass is 16.1. The van der Waals surface area contributed by atoms with Crippen LogP contribution in [0.3, 0.4) is 0 Å². The SMILES string of the molecule is O=C(N[C@H]1CN2CCC1CC2)c1cc2ccc(-c3ccccc3)cn2c1. The fraction of sp³-hybridized carbons (Fsp3) is 0.318. The van der Waals surface area contributed by atoms with Gasteiger partial charge in [0.1, 0.15) is 0 Å². The number of hydrogen-bond acceptors (Lipinski definition) is 2. The molecule has 1 N–H and O–H groups in total. The molecule has 3 aromatic rings. The Morgan fingerprint density at radius 2 is 1.77 bits per heavy atom. The van der Waals surface area contributed by atoms with E-state index in [9.17, 15) is 4.79 Å². The molecule has 4 heteroatoms. The topological polar surface area (TPSA) is 36.8 Å². The molecule has 0 radical (unpaired) electrons. The van der Waals surface area contributed by atoms with Crippen LogP contribution in [0, 0.1) is 5.92 Å². The summed E-state index contributed by atoms with van der Waals surface area (Å²) in [6, 6.07) is 16.8. The molecule has 1 atom stereocenters. The van der Waals surface area contributed by atoms with Gasteiger partial charge in [-0.1, -0.05) is 36.4 Å². The van der Waals surface area contributed by atoms with Crippen LogP contribution in [0.1, 0.15) is 23.2 Å². The van der Waals surface area contributed by atoms with Crippen molar-refractivity contribution in [3.8, 4) is 11.1 Å². The Morgan fingerprint density at radius 3 is 2.50 bits per heavy atom. The van der Waals surface area contributed by atoms with E-state index >= 15 is 0 Å². The van der Waals surface area contributed by atoms with Crippen molar-refractivity contribution in [1.82, 2.24) is 14.6 Å². The molecule has 0 aliphatic carbocycles. The normalized spacial score (nSPS) is 24.7. The van der Waals surface area contributed by atoms with Crippen LogP contribution in [0.4, 0.5) is 0 Å². The van der Waals surface area contributed by atoms with Gasteiger partial charge in [0, 0.05) is 30.5 Å². The standard InChI is InChI=1S/C22H23N3O/c26-22(23-21-15-24-10-8-17(21)9-11-24)19-12-20-7-6-18(13-25(20)14-19)16-4-2-1-3-5-16/h1-7,12-14,17,21H,8-11,15H2,(H,23,26)/t21-/m0/s1. The Hall–Kier alpha value is -2.59. The van der Waals surface area contributed by atoms with Crippen molar-refractivity contribution < 1.29 is 4.79 Å². The van der Waals surface area contributed by atoms with Crippen molar-refractivity contribution in [1.29, 1.82) is 0 Å². The van der Waals surface area contributed by atoms with E-state index < -0.39 is 0 Å². The maximum absolute atomic E-state index is 12.8. The molecule has 6 rings (SSSR count). The van der Waals surface area contributed by atoms with Crippen molar-refractivity contribution in [2.24, 2.45) is 5.92 Å². The molecule has 4 nitrogen and oxygen atoms in total. The molecular formula is C22H23N3O. The molecule has 3 aliphatic heterocycles. The van der Waals surface area contributed by atoms with E-state index in [-0.39, 0.29) is 5.91 Å². The number of pyridine rings is 1. The average molecular weight is 345 g/mol. The van der Waals surface area contributed by atoms with Gasteiger partial charge in [-0.15, -0.1) is 0 Å². The third-order valence-corrected chi connectivity index (χ3v) is 5.93. The summed E-state index contributed by atoms with van der Waals surface area (Å²) >= 11 is 0. The minimum absolute atomic E-state index is 0.0497. The lowest BCUT2D eigenvalue weighted by Crippen LogP contribution is -2.57. The molecule has 26 heavy (non-hydrogen) atoms. The first-order valence-corrected chi connectivity index (χ1v) is 9.47. The maximum Gasteiger partial charge on any atom is 0.253 e. The number of benzene rings is 1. The summed E-state index contributed by atoms with van der Waals surface area (Å²) in [7, 11) is 0. The molecule has 5 heterocycles. The lowest BCUT2D eigenvalue weighted by atomic mass is 9.84. The van der Waals surface area contributed by atoms with E-state index in [1.165, 1.54) is 31.5 Å². The summed E-state index contributed by atoms with van der Waals surface area (Å²) in [4.78, 5) is 15.2. The zero-order valence-electron chi connectivity index (χ0n) is 14.8. The second-order valence-electron chi connectivity index (χ2n) is 7.56. The highest BCUT2D eigenvalue weighted by molar-refractivity contribution is 5.96. The third kappa shape index (κ3) is 2.80. The van der Waals surface area contributed by atoms with Gasteiger partial charge in [-0.25, -0.2) is 0 Å². The number of fused-ring (bicyclic) bond motifs is 4. The van der Waals surface area contributed by atoms with Crippen LogP contribution < -0.4 is 5.32 Å². The number of amides is 1. The molecule has 3 fully saturated rings. The van der Waals surface area contributed by atoms with Gasteiger partial charge in [-0.2, -0.15) is 0 Å². The van der Waals surface area contributed by atoms with Crippen LogP contribution in [-0.4, -0.2) is 40.9 Å². The molecule has 1 amide bonds. The fourth-order valence-electron chi connectivity index (χ4n) is 4.42. The Kier molecular flexibility index (Phi) is 3.79. The number of nitrogens with one attached hydrogen (secondary N) is 1. The summed E-state index contributed by atoms with van der Waals surface area (Å²) in [5.41, 5.74) is 4.12. The summed E-state index contributed by atoms with van der Waals surface area (Å²) in [5, 5.41) is 3.28. The van der Waals surface area contributed by atoms with Crippen molar-refractivity contribution in [2.45, 2.75) is 18.9 Å². The van der Waals surface area contributed by atoms with Gasteiger partial charge in [0.15, 0.2) is 0 Å². The van der Waals surface area contributed by atoms with Crippen molar-refractivity contribution >= 4 is 11.4 Å². The molecule has 2 bridgehead atoms. The Balaban J connectivity index is 1.38. The second kappa shape index (κ2) is 6.29.